The Morgan fingerprint density at radius 2 is 2.20 bits per heavy atom. The van der Waals surface area contributed by atoms with Gasteiger partial charge in [0.05, 0.1) is 0 Å². The Kier molecular flexibility index (Phi) is 2.74. The summed E-state index contributed by atoms with van der Waals surface area (Å²) in [6, 6.07) is 4.29. The van der Waals surface area contributed by atoms with Crippen LogP contribution < -0.4 is 5.32 Å². The van der Waals surface area contributed by atoms with Crippen molar-refractivity contribution in [2.45, 2.75) is 25.4 Å². The molecule has 1 N–H and O–H groups in total. The van der Waals surface area contributed by atoms with Gasteiger partial charge in [-0.25, -0.2) is 8.78 Å². The zero-order valence-electron chi connectivity index (χ0n) is 8.82. The Morgan fingerprint density at radius 3 is 2.80 bits per heavy atom. The highest BCUT2D eigenvalue weighted by molar-refractivity contribution is 5.32. The first-order valence-corrected chi connectivity index (χ1v) is 5.28. The number of hydrogen-bond donors (Lipinski definition) is 1. The molecule has 1 aromatic carbocycles. The molecular formula is C12H15F2N. The summed E-state index contributed by atoms with van der Waals surface area (Å²) in [6.07, 6.45) is 1.35. The van der Waals surface area contributed by atoms with Gasteiger partial charge in [0, 0.05) is 6.54 Å². The first kappa shape index (κ1) is 10.6. The summed E-state index contributed by atoms with van der Waals surface area (Å²) in [5.74, 6) is -0.302. The molecule has 0 saturated carbocycles. The molecule has 3 heteroatoms. The van der Waals surface area contributed by atoms with Crippen molar-refractivity contribution in [3.8, 4) is 0 Å². The topological polar surface area (TPSA) is 12.0 Å². The zero-order chi connectivity index (χ0) is 10.9. The quantitative estimate of drug-likeness (QED) is 0.753. The molecule has 1 atom stereocenters. The summed E-state index contributed by atoms with van der Waals surface area (Å²) < 4.78 is 27.4. The Balaban J connectivity index is 2.35. The molecule has 0 amide bonds. The van der Waals surface area contributed by atoms with Crippen LogP contribution in [0.3, 0.4) is 0 Å². The van der Waals surface area contributed by atoms with E-state index in [1.165, 1.54) is 12.1 Å². The highest BCUT2D eigenvalue weighted by Crippen LogP contribution is 2.34. The van der Waals surface area contributed by atoms with Gasteiger partial charge in [0.25, 0.3) is 0 Å². The summed E-state index contributed by atoms with van der Waals surface area (Å²) in [4.78, 5) is 0. The normalized spacial score (nSPS) is 26.6. The van der Waals surface area contributed by atoms with Crippen LogP contribution in [-0.2, 0) is 5.67 Å². The van der Waals surface area contributed by atoms with Gasteiger partial charge in [0.2, 0.25) is 0 Å². The summed E-state index contributed by atoms with van der Waals surface area (Å²) in [5.41, 5.74) is -0.00644. The number of piperidine rings is 1. The second-order valence-electron chi connectivity index (χ2n) is 4.20. The van der Waals surface area contributed by atoms with E-state index >= 15 is 0 Å². The number of aryl methyl sites for hydroxylation is 1. The van der Waals surface area contributed by atoms with Crippen LogP contribution in [0.15, 0.2) is 18.2 Å². The van der Waals surface area contributed by atoms with Crippen molar-refractivity contribution in [2.75, 3.05) is 13.1 Å². The molecule has 1 fully saturated rings. The van der Waals surface area contributed by atoms with Crippen LogP contribution >= 0.6 is 0 Å². The molecule has 1 unspecified atom stereocenters. The second-order valence-corrected chi connectivity index (χ2v) is 4.20. The molecule has 0 radical (unpaired) electrons. The van der Waals surface area contributed by atoms with Crippen molar-refractivity contribution in [3.63, 3.8) is 0 Å². The van der Waals surface area contributed by atoms with Crippen molar-refractivity contribution in [1.29, 1.82) is 0 Å². The maximum absolute atomic E-state index is 14.5. The molecule has 0 aliphatic carbocycles. The van der Waals surface area contributed by atoms with Crippen molar-refractivity contribution in [1.82, 2.24) is 5.32 Å². The summed E-state index contributed by atoms with van der Waals surface area (Å²) >= 11 is 0. The van der Waals surface area contributed by atoms with E-state index in [0.717, 1.165) is 13.0 Å². The van der Waals surface area contributed by atoms with E-state index in [9.17, 15) is 8.78 Å². The molecule has 1 aliphatic rings. The van der Waals surface area contributed by atoms with Crippen molar-refractivity contribution >= 4 is 0 Å². The van der Waals surface area contributed by atoms with E-state index < -0.39 is 5.67 Å². The van der Waals surface area contributed by atoms with Crippen molar-refractivity contribution in [2.24, 2.45) is 0 Å². The molecule has 1 nitrogen and oxygen atoms in total. The van der Waals surface area contributed by atoms with Gasteiger partial charge in [0.1, 0.15) is 11.5 Å². The van der Waals surface area contributed by atoms with E-state index in [2.05, 4.69) is 5.32 Å². The molecule has 0 aromatic heterocycles. The maximum Gasteiger partial charge on any atom is 0.148 e. The van der Waals surface area contributed by atoms with E-state index in [0.29, 0.717) is 24.1 Å². The Hall–Kier alpha value is -0.960. The second kappa shape index (κ2) is 3.89. The number of alkyl halides is 1. The van der Waals surface area contributed by atoms with Gasteiger partial charge in [-0.1, -0.05) is 6.07 Å². The first-order valence-electron chi connectivity index (χ1n) is 5.28. The van der Waals surface area contributed by atoms with Gasteiger partial charge in [-0.3, -0.25) is 0 Å². The van der Waals surface area contributed by atoms with Crippen molar-refractivity contribution < 1.29 is 8.78 Å². The Labute approximate surface area is 88.5 Å². The van der Waals surface area contributed by atoms with Gasteiger partial charge in [-0.15, -0.1) is 0 Å². The van der Waals surface area contributed by atoms with Gasteiger partial charge in [-0.2, -0.15) is 0 Å². The van der Waals surface area contributed by atoms with Crippen molar-refractivity contribution in [3.05, 3.63) is 35.1 Å². The maximum atomic E-state index is 14.5. The van der Waals surface area contributed by atoms with Crippen LogP contribution in [-0.4, -0.2) is 13.1 Å². The Morgan fingerprint density at radius 1 is 1.40 bits per heavy atom. The predicted molar refractivity (Wildman–Crippen MR) is 56.0 cm³/mol. The molecule has 15 heavy (non-hydrogen) atoms. The fourth-order valence-corrected chi connectivity index (χ4v) is 2.23. The standard InChI is InChI=1S/C12H15F2N/c1-9-7-10(13)3-4-11(9)12(14)5-2-6-15-8-12/h3-4,7,15H,2,5-6,8H2,1H3. The average Bonchev–Trinajstić information content (AvgIpc) is 2.18. The van der Waals surface area contributed by atoms with E-state index in [-0.39, 0.29) is 5.82 Å². The largest absolute Gasteiger partial charge is 0.313 e. The summed E-state index contributed by atoms with van der Waals surface area (Å²) in [7, 11) is 0. The molecular weight excluding hydrogens is 196 g/mol. The highest BCUT2D eigenvalue weighted by atomic mass is 19.1. The molecule has 82 valence electrons. The smallest absolute Gasteiger partial charge is 0.148 e. The SMILES string of the molecule is Cc1cc(F)ccc1C1(F)CCCNC1. The fourth-order valence-electron chi connectivity index (χ4n) is 2.23. The molecule has 1 saturated heterocycles. The van der Waals surface area contributed by atoms with Crippen LogP contribution in [0, 0.1) is 12.7 Å². The number of nitrogens with one attached hydrogen (secondary N) is 1. The van der Waals surface area contributed by atoms with E-state index in [4.69, 9.17) is 0 Å². The third kappa shape index (κ3) is 2.02. The lowest BCUT2D eigenvalue weighted by molar-refractivity contribution is 0.121. The van der Waals surface area contributed by atoms with Crippen LogP contribution in [0.2, 0.25) is 0 Å². The lowest BCUT2D eigenvalue weighted by Gasteiger charge is -2.31. The minimum atomic E-state index is -1.32. The molecule has 0 spiro atoms. The van der Waals surface area contributed by atoms with E-state index in [1.54, 1.807) is 13.0 Å². The number of hydrogen-bond acceptors (Lipinski definition) is 1. The third-order valence-electron chi connectivity index (χ3n) is 3.00. The average molecular weight is 211 g/mol. The monoisotopic (exact) mass is 211 g/mol. The molecule has 0 bridgehead atoms. The third-order valence-corrected chi connectivity index (χ3v) is 3.00. The highest BCUT2D eigenvalue weighted by Gasteiger charge is 2.34. The number of halogens is 2. The first-order chi connectivity index (χ1) is 7.12. The van der Waals surface area contributed by atoms with E-state index in [1.807, 2.05) is 0 Å². The predicted octanol–water partition coefficient (Wildman–Crippen LogP) is 2.68. The van der Waals surface area contributed by atoms with Crippen LogP contribution in [0.5, 0.6) is 0 Å². The fraction of sp³-hybridized carbons (Fsp3) is 0.500. The molecule has 2 rings (SSSR count). The molecule has 1 heterocycles. The minimum Gasteiger partial charge on any atom is -0.313 e. The number of benzene rings is 1. The summed E-state index contributed by atoms with van der Waals surface area (Å²) in [5, 5.41) is 3.05. The van der Waals surface area contributed by atoms with Crippen LogP contribution in [0.1, 0.15) is 24.0 Å². The molecule has 1 aromatic rings. The molecule has 1 aliphatic heterocycles. The lowest BCUT2D eigenvalue weighted by atomic mass is 9.86. The van der Waals surface area contributed by atoms with Gasteiger partial charge in [-0.05, 0) is 49.6 Å². The Bertz CT molecular complexity index is 357. The van der Waals surface area contributed by atoms with Crippen LogP contribution in [0.4, 0.5) is 8.78 Å². The van der Waals surface area contributed by atoms with Gasteiger partial charge in [0.15, 0.2) is 0 Å². The van der Waals surface area contributed by atoms with Gasteiger partial charge >= 0.3 is 0 Å². The minimum absolute atomic E-state index is 0.302. The lowest BCUT2D eigenvalue weighted by Crippen LogP contribution is -2.40. The van der Waals surface area contributed by atoms with Gasteiger partial charge < -0.3 is 5.32 Å². The zero-order valence-corrected chi connectivity index (χ0v) is 8.82. The van der Waals surface area contributed by atoms with Crippen LogP contribution in [0.25, 0.3) is 0 Å². The summed E-state index contributed by atoms with van der Waals surface area (Å²) in [6.45, 7) is 2.96. The number of rotatable bonds is 1.